The summed E-state index contributed by atoms with van der Waals surface area (Å²) in [5, 5.41) is 3.71. The van der Waals surface area contributed by atoms with Crippen LogP contribution >= 0.6 is 11.8 Å². The largest absolute Gasteiger partial charge is 0.376 e. The summed E-state index contributed by atoms with van der Waals surface area (Å²) in [6.07, 6.45) is 1.88. The van der Waals surface area contributed by atoms with Gasteiger partial charge < -0.3 is 10.1 Å². The van der Waals surface area contributed by atoms with Gasteiger partial charge >= 0.3 is 0 Å². The van der Waals surface area contributed by atoms with Crippen LogP contribution in [0.4, 0.5) is 5.69 Å². The molecule has 1 saturated heterocycles. The van der Waals surface area contributed by atoms with Gasteiger partial charge in [-0.1, -0.05) is 72.4 Å². The van der Waals surface area contributed by atoms with Crippen LogP contribution in [-0.4, -0.2) is 33.4 Å². The molecule has 1 aliphatic heterocycles. The number of nitrogens with one attached hydrogen (secondary N) is 1. The zero-order chi connectivity index (χ0) is 24.2. The van der Waals surface area contributed by atoms with Crippen LogP contribution in [0.2, 0.25) is 0 Å². The number of nitrogens with zero attached hydrogens (tertiary/aromatic N) is 2. The van der Waals surface area contributed by atoms with Crippen LogP contribution in [0.15, 0.2) is 88.8 Å². The molecule has 0 radical (unpaired) electrons. The van der Waals surface area contributed by atoms with E-state index in [1.807, 2.05) is 79.7 Å². The SMILES string of the molecule is C[C@H](Sc1nc2ccccc2c(=O)n1C[C@H]1CCCO1)C(=O)Nc1ccccc1-c1ccccc1. The molecule has 35 heavy (non-hydrogen) atoms. The first kappa shape index (κ1) is 23.3. The second kappa shape index (κ2) is 10.5. The molecule has 1 aliphatic rings. The Balaban J connectivity index is 1.41. The van der Waals surface area contributed by atoms with Crippen LogP contribution in [0.5, 0.6) is 0 Å². The fraction of sp³-hybridized carbons (Fsp3) is 0.250. The monoisotopic (exact) mass is 485 g/mol. The molecule has 4 aromatic rings. The molecule has 0 bridgehead atoms. The van der Waals surface area contributed by atoms with E-state index in [1.165, 1.54) is 11.8 Å². The Kier molecular flexibility index (Phi) is 6.97. The number of aromatic nitrogens is 2. The minimum atomic E-state index is -0.470. The first-order chi connectivity index (χ1) is 17.1. The third-order valence-electron chi connectivity index (χ3n) is 6.16. The van der Waals surface area contributed by atoms with Crippen molar-refractivity contribution in [3.05, 3.63) is 89.2 Å². The molecule has 1 aromatic heterocycles. The fourth-order valence-electron chi connectivity index (χ4n) is 4.30. The summed E-state index contributed by atoms with van der Waals surface area (Å²) in [7, 11) is 0. The van der Waals surface area contributed by atoms with Crippen molar-refractivity contribution >= 4 is 34.3 Å². The van der Waals surface area contributed by atoms with Crippen molar-refractivity contribution in [2.24, 2.45) is 0 Å². The molecule has 6 nitrogen and oxygen atoms in total. The second-order valence-electron chi connectivity index (χ2n) is 8.62. The van der Waals surface area contributed by atoms with Gasteiger partial charge in [-0.3, -0.25) is 14.2 Å². The predicted octanol–water partition coefficient (Wildman–Crippen LogP) is 5.36. The lowest BCUT2D eigenvalue weighted by Crippen LogP contribution is -2.30. The molecule has 1 amide bonds. The Labute approximate surface area is 208 Å². The highest BCUT2D eigenvalue weighted by molar-refractivity contribution is 8.00. The quantitative estimate of drug-likeness (QED) is 0.282. The first-order valence-electron chi connectivity index (χ1n) is 11.8. The normalized spacial score (nSPS) is 16.3. The Hall–Kier alpha value is -3.42. The molecule has 5 rings (SSSR count). The average molecular weight is 486 g/mol. The molecular weight excluding hydrogens is 458 g/mol. The molecule has 0 spiro atoms. The van der Waals surface area contributed by atoms with Gasteiger partial charge in [0.2, 0.25) is 5.91 Å². The third-order valence-corrected chi connectivity index (χ3v) is 7.25. The number of amides is 1. The number of para-hydroxylation sites is 2. The Morgan fingerprint density at radius 1 is 1.09 bits per heavy atom. The van der Waals surface area contributed by atoms with E-state index in [2.05, 4.69) is 5.32 Å². The molecular formula is C28H27N3O3S. The summed E-state index contributed by atoms with van der Waals surface area (Å²) in [5.74, 6) is -0.149. The van der Waals surface area contributed by atoms with Crippen molar-refractivity contribution in [3.63, 3.8) is 0 Å². The highest BCUT2D eigenvalue weighted by atomic mass is 32.2. The zero-order valence-electron chi connectivity index (χ0n) is 19.5. The highest BCUT2D eigenvalue weighted by Crippen LogP contribution is 2.29. The van der Waals surface area contributed by atoms with E-state index < -0.39 is 5.25 Å². The number of carbonyl (C=O) groups is 1. The number of benzene rings is 3. The predicted molar refractivity (Wildman–Crippen MR) is 141 cm³/mol. The van der Waals surface area contributed by atoms with Gasteiger partial charge in [-0.05, 0) is 43.5 Å². The van der Waals surface area contributed by atoms with Crippen molar-refractivity contribution in [1.82, 2.24) is 9.55 Å². The molecule has 2 atom stereocenters. The van der Waals surface area contributed by atoms with E-state index in [1.54, 1.807) is 10.6 Å². The maximum absolute atomic E-state index is 13.3. The van der Waals surface area contributed by atoms with Crippen LogP contribution in [0.3, 0.4) is 0 Å². The van der Waals surface area contributed by atoms with Crippen LogP contribution in [0.1, 0.15) is 19.8 Å². The van der Waals surface area contributed by atoms with Crippen LogP contribution in [0, 0.1) is 0 Å². The number of carbonyl (C=O) groups excluding carboxylic acids is 1. The minimum absolute atomic E-state index is 0.0168. The Bertz CT molecular complexity index is 1400. The number of anilines is 1. The van der Waals surface area contributed by atoms with E-state index in [9.17, 15) is 9.59 Å². The summed E-state index contributed by atoms with van der Waals surface area (Å²) >= 11 is 1.30. The lowest BCUT2D eigenvalue weighted by molar-refractivity contribution is -0.115. The number of hydrogen-bond donors (Lipinski definition) is 1. The molecule has 0 saturated carbocycles. The van der Waals surface area contributed by atoms with Crippen molar-refractivity contribution in [2.45, 2.75) is 42.8 Å². The molecule has 0 unspecified atom stereocenters. The smallest absolute Gasteiger partial charge is 0.262 e. The summed E-state index contributed by atoms with van der Waals surface area (Å²) in [5.41, 5.74) is 3.27. The Morgan fingerprint density at radius 2 is 1.83 bits per heavy atom. The third kappa shape index (κ3) is 5.16. The molecule has 1 N–H and O–H groups in total. The van der Waals surface area contributed by atoms with E-state index >= 15 is 0 Å². The van der Waals surface area contributed by atoms with Crippen molar-refractivity contribution in [3.8, 4) is 11.1 Å². The molecule has 7 heteroatoms. The maximum Gasteiger partial charge on any atom is 0.262 e. The molecule has 1 fully saturated rings. The summed E-state index contributed by atoms with van der Waals surface area (Å²) in [6, 6.07) is 25.1. The van der Waals surface area contributed by atoms with Gasteiger partial charge in [0.05, 0.1) is 28.8 Å². The maximum atomic E-state index is 13.3. The van der Waals surface area contributed by atoms with E-state index in [-0.39, 0.29) is 17.6 Å². The van der Waals surface area contributed by atoms with Gasteiger partial charge in [0, 0.05) is 17.9 Å². The van der Waals surface area contributed by atoms with Crippen LogP contribution < -0.4 is 10.9 Å². The van der Waals surface area contributed by atoms with E-state index in [0.717, 1.165) is 29.7 Å². The number of hydrogen-bond acceptors (Lipinski definition) is 5. The van der Waals surface area contributed by atoms with Crippen molar-refractivity contribution < 1.29 is 9.53 Å². The number of fused-ring (bicyclic) bond motifs is 1. The van der Waals surface area contributed by atoms with Gasteiger partial charge in [0.25, 0.3) is 5.56 Å². The number of thioether (sulfide) groups is 1. The summed E-state index contributed by atoms with van der Waals surface area (Å²) < 4.78 is 7.46. The summed E-state index contributed by atoms with van der Waals surface area (Å²) in [6.45, 7) is 2.98. The number of rotatable bonds is 7. The highest BCUT2D eigenvalue weighted by Gasteiger charge is 2.23. The molecule has 178 valence electrons. The second-order valence-corrected chi connectivity index (χ2v) is 9.93. The van der Waals surface area contributed by atoms with Crippen molar-refractivity contribution in [1.29, 1.82) is 0 Å². The average Bonchev–Trinajstić information content (AvgIpc) is 3.40. The fourth-order valence-corrected chi connectivity index (χ4v) is 5.22. The van der Waals surface area contributed by atoms with E-state index in [4.69, 9.17) is 9.72 Å². The molecule has 3 aromatic carbocycles. The van der Waals surface area contributed by atoms with Gasteiger partial charge in [-0.15, -0.1) is 0 Å². The minimum Gasteiger partial charge on any atom is -0.376 e. The standard InChI is InChI=1S/C28H27N3O3S/c1-19(26(32)29-24-15-7-5-13-22(24)20-10-3-2-4-11-20)35-28-30-25-16-8-6-14-23(25)27(33)31(28)18-21-12-9-17-34-21/h2-8,10-11,13-16,19,21H,9,12,17-18H2,1H3,(H,29,32)/t19-,21+/m0/s1. The van der Waals surface area contributed by atoms with Crippen molar-refractivity contribution in [2.75, 3.05) is 11.9 Å². The number of ether oxygens (including phenoxy) is 1. The topological polar surface area (TPSA) is 73.2 Å². The van der Waals surface area contributed by atoms with Gasteiger partial charge in [0.1, 0.15) is 0 Å². The first-order valence-corrected chi connectivity index (χ1v) is 12.7. The molecule has 0 aliphatic carbocycles. The lowest BCUT2D eigenvalue weighted by Gasteiger charge is -2.19. The zero-order valence-corrected chi connectivity index (χ0v) is 20.3. The van der Waals surface area contributed by atoms with Gasteiger partial charge in [-0.2, -0.15) is 0 Å². The Morgan fingerprint density at radius 3 is 2.63 bits per heavy atom. The van der Waals surface area contributed by atoms with Gasteiger partial charge in [0.15, 0.2) is 5.16 Å². The lowest BCUT2D eigenvalue weighted by atomic mass is 10.0. The summed E-state index contributed by atoms with van der Waals surface area (Å²) in [4.78, 5) is 31.3. The van der Waals surface area contributed by atoms with E-state index in [0.29, 0.717) is 29.2 Å². The van der Waals surface area contributed by atoms with Crippen LogP contribution in [-0.2, 0) is 16.1 Å². The van der Waals surface area contributed by atoms with Crippen LogP contribution in [0.25, 0.3) is 22.0 Å². The molecule has 2 heterocycles. The van der Waals surface area contributed by atoms with Gasteiger partial charge in [-0.25, -0.2) is 4.98 Å².